The summed E-state index contributed by atoms with van der Waals surface area (Å²) in [7, 11) is 0. The zero-order valence-electron chi connectivity index (χ0n) is 14.9. The summed E-state index contributed by atoms with van der Waals surface area (Å²) in [6.45, 7) is 2.94. The van der Waals surface area contributed by atoms with Crippen LogP contribution in [0.2, 0.25) is 0 Å². The van der Waals surface area contributed by atoms with Crippen molar-refractivity contribution in [3.05, 3.63) is 76.5 Å². The van der Waals surface area contributed by atoms with E-state index in [-0.39, 0.29) is 11.5 Å². The Labute approximate surface area is 155 Å². The molecular formula is C20H19N5O2. The molecule has 4 rings (SSSR count). The predicted octanol–water partition coefficient (Wildman–Crippen LogP) is 2.04. The maximum absolute atomic E-state index is 12.6. The second kappa shape index (κ2) is 7.03. The second-order valence-corrected chi connectivity index (χ2v) is 6.25. The smallest absolute Gasteiger partial charge is 0.277 e. The molecule has 7 nitrogen and oxygen atoms in total. The van der Waals surface area contributed by atoms with Crippen molar-refractivity contribution in [2.45, 2.75) is 19.9 Å². The number of aryl methyl sites for hydroxylation is 1. The van der Waals surface area contributed by atoms with E-state index in [0.717, 1.165) is 11.1 Å². The molecule has 0 aliphatic carbocycles. The van der Waals surface area contributed by atoms with Gasteiger partial charge in [0.25, 0.3) is 11.5 Å². The van der Waals surface area contributed by atoms with E-state index in [0.29, 0.717) is 36.1 Å². The number of pyridine rings is 1. The first kappa shape index (κ1) is 17.0. The fraction of sp³-hybridized carbons (Fsp3) is 0.200. The zero-order valence-corrected chi connectivity index (χ0v) is 14.9. The van der Waals surface area contributed by atoms with Crippen LogP contribution in [-0.4, -0.2) is 31.6 Å². The van der Waals surface area contributed by atoms with Gasteiger partial charge in [-0.3, -0.25) is 14.6 Å². The van der Waals surface area contributed by atoms with Crippen LogP contribution in [-0.2, 0) is 13.0 Å². The first-order valence-electron chi connectivity index (χ1n) is 8.86. The first-order valence-corrected chi connectivity index (χ1v) is 8.86. The second-order valence-electron chi connectivity index (χ2n) is 6.25. The number of nitrogens with zero attached hydrogens (tertiary/aromatic N) is 4. The van der Waals surface area contributed by atoms with Gasteiger partial charge in [-0.1, -0.05) is 6.07 Å². The highest BCUT2D eigenvalue weighted by Crippen LogP contribution is 2.16. The van der Waals surface area contributed by atoms with Gasteiger partial charge in [-0.25, -0.2) is 4.52 Å². The molecule has 0 unspecified atom stereocenters. The molecule has 0 radical (unpaired) electrons. The Morgan fingerprint density at radius 2 is 2.00 bits per heavy atom. The quantitative estimate of drug-likeness (QED) is 0.590. The van der Waals surface area contributed by atoms with E-state index in [1.807, 2.05) is 25.1 Å². The van der Waals surface area contributed by atoms with Crippen LogP contribution < -0.4 is 10.9 Å². The molecule has 0 atom stereocenters. The van der Waals surface area contributed by atoms with Crippen LogP contribution in [0.15, 0.2) is 59.8 Å². The summed E-state index contributed by atoms with van der Waals surface area (Å²) in [4.78, 5) is 29.2. The summed E-state index contributed by atoms with van der Waals surface area (Å²) in [5.41, 5.74) is 3.48. The van der Waals surface area contributed by atoms with Crippen LogP contribution in [0.1, 0.15) is 22.8 Å². The topological polar surface area (TPSA) is 81.3 Å². The number of nitrogens with one attached hydrogen (secondary N) is 1. The molecular weight excluding hydrogens is 342 g/mol. The van der Waals surface area contributed by atoms with Crippen molar-refractivity contribution in [3.63, 3.8) is 0 Å². The van der Waals surface area contributed by atoms with E-state index in [1.165, 1.54) is 0 Å². The lowest BCUT2D eigenvalue weighted by atomic mass is 10.1. The van der Waals surface area contributed by atoms with Crippen LogP contribution in [0, 0.1) is 0 Å². The Hall–Kier alpha value is -3.48. The maximum atomic E-state index is 12.6. The Bertz CT molecular complexity index is 1180. The molecule has 3 heterocycles. The van der Waals surface area contributed by atoms with Gasteiger partial charge < -0.3 is 9.88 Å². The number of benzene rings is 1. The molecule has 0 aliphatic rings. The molecule has 1 amide bonds. The average Bonchev–Trinajstić information content (AvgIpc) is 3.19. The molecule has 0 bridgehead atoms. The van der Waals surface area contributed by atoms with E-state index in [9.17, 15) is 9.59 Å². The fourth-order valence-electron chi connectivity index (χ4n) is 3.25. The molecule has 4 aromatic rings. The van der Waals surface area contributed by atoms with Gasteiger partial charge in [0, 0.05) is 31.0 Å². The van der Waals surface area contributed by atoms with Crippen LogP contribution in [0.25, 0.3) is 16.6 Å². The Balaban J connectivity index is 1.63. The van der Waals surface area contributed by atoms with Gasteiger partial charge in [0.05, 0.1) is 17.2 Å². The van der Waals surface area contributed by atoms with Gasteiger partial charge >= 0.3 is 0 Å². The van der Waals surface area contributed by atoms with Gasteiger partial charge in [-0.15, -0.1) is 0 Å². The van der Waals surface area contributed by atoms with Crippen molar-refractivity contribution in [1.29, 1.82) is 0 Å². The SMILES string of the molecule is CCn1c(=O)c2ccnn2c2ccc(C(=O)NCCc3cccnc3)cc21. The number of hydrogen-bond acceptors (Lipinski definition) is 4. The van der Waals surface area contributed by atoms with Crippen LogP contribution in [0.4, 0.5) is 0 Å². The molecule has 136 valence electrons. The zero-order chi connectivity index (χ0) is 18.8. The minimum atomic E-state index is -0.170. The largest absolute Gasteiger partial charge is 0.352 e. The average molecular weight is 361 g/mol. The monoisotopic (exact) mass is 361 g/mol. The summed E-state index contributed by atoms with van der Waals surface area (Å²) in [6.07, 6.45) is 5.83. The van der Waals surface area contributed by atoms with Crippen LogP contribution in [0.3, 0.4) is 0 Å². The third-order valence-electron chi connectivity index (χ3n) is 4.60. The van der Waals surface area contributed by atoms with E-state index in [2.05, 4.69) is 15.4 Å². The normalized spacial score (nSPS) is 11.1. The fourth-order valence-corrected chi connectivity index (χ4v) is 3.25. The number of hydrogen-bond donors (Lipinski definition) is 1. The maximum Gasteiger partial charge on any atom is 0.277 e. The number of carbonyl (C=O) groups excluding carboxylic acids is 1. The van der Waals surface area contributed by atoms with E-state index < -0.39 is 0 Å². The number of rotatable bonds is 5. The Kier molecular flexibility index (Phi) is 4.42. The third-order valence-corrected chi connectivity index (χ3v) is 4.60. The highest BCUT2D eigenvalue weighted by Gasteiger charge is 2.13. The van der Waals surface area contributed by atoms with Gasteiger partial charge in [0.15, 0.2) is 0 Å². The lowest BCUT2D eigenvalue weighted by Crippen LogP contribution is -2.26. The minimum Gasteiger partial charge on any atom is -0.352 e. The number of amides is 1. The molecule has 0 saturated carbocycles. The van der Waals surface area contributed by atoms with Crippen molar-refractivity contribution in [1.82, 2.24) is 24.5 Å². The van der Waals surface area contributed by atoms with E-state index in [4.69, 9.17) is 0 Å². The summed E-state index contributed by atoms with van der Waals surface area (Å²) >= 11 is 0. The van der Waals surface area contributed by atoms with Crippen molar-refractivity contribution < 1.29 is 4.79 Å². The molecule has 27 heavy (non-hydrogen) atoms. The van der Waals surface area contributed by atoms with Crippen molar-refractivity contribution >= 4 is 22.5 Å². The molecule has 7 heteroatoms. The van der Waals surface area contributed by atoms with Crippen molar-refractivity contribution in [2.75, 3.05) is 6.54 Å². The number of fused-ring (bicyclic) bond motifs is 3. The molecule has 3 aromatic heterocycles. The highest BCUT2D eigenvalue weighted by molar-refractivity contribution is 5.97. The standard InChI is InChI=1S/C20H19N5O2/c1-2-24-18-12-15(19(26)22-10-7-14-4-3-9-21-13-14)5-6-16(18)25-17(20(24)27)8-11-23-25/h3-6,8-9,11-13H,2,7,10H2,1H3,(H,22,26). The molecule has 1 N–H and O–H groups in total. The minimum absolute atomic E-state index is 0.114. The number of carbonyl (C=O) groups is 1. The lowest BCUT2D eigenvalue weighted by Gasteiger charge is -2.12. The molecule has 1 aromatic carbocycles. The van der Waals surface area contributed by atoms with Gasteiger partial charge in [0.2, 0.25) is 0 Å². The third kappa shape index (κ3) is 3.08. The summed E-state index contributed by atoms with van der Waals surface area (Å²) < 4.78 is 3.28. The molecule has 0 saturated heterocycles. The first-order chi connectivity index (χ1) is 13.2. The van der Waals surface area contributed by atoms with Gasteiger partial charge in [-0.05, 0) is 49.2 Å². The number of aromatic nitrogens is 4. The van der Waals surface area contributed by atoms with Crippen LogP contribution >= 0.6 is 0 Å². The van der Waals surface area contributed by atoms with E-state index >= 15 is 0 Å². The summed E-state index contributed by atoms with van der Waals surface area (Å²) in [5.74, 6) is -0.170. The Morgan fingerprint density at radius 1 is 1.11 bits per heavy atom. The van der Waals surface area contributed by atoms with Gasteiger partial charge in [-0.2, -0.15) is 5.10 Å². The van der Waals surface area contributed by atoms with Crippen molar-refractivity contribution in [2.24, 2.45) is 0 Å². The van der Waals surface area contributed by atoms with Gasteiger partial charge in [0.1, 0.15) is 5.52 Å². The molecule has 0 aliphatic heterocycles. The van der Waals surface area contributed by atoms with Crippen molar-refractivity contribution in [3.8, 4) is 0 Å². The summed E-state index contributed by atoms with van der Waals surface area (Å²) in [5, 5.41) is 7.16. The predicted molar refractivity (Wildman–Crippen MR) is 103 cm³/mol. The molecule has 0 spiro atoms. The molecule has 0 fully saturated rings. The summed E-state index contributed by atoms with van der Waals surface area (Å²) in [6, 6.07) is 10.9. The van der Waals surface area contributed by atoms with E-state index in [1.54, 1.807) is 45.9 Å². The Morgan fingerprint density at radius 3 is 2.78 bits per heavy atom. The lowest BCUT2D eigenvalue weighted by molar-refractivity contribution is 0.0954. The highest BCUT2D eigenvalue weighted by atomic mass is 16.1. The van der Waals surface area contributed by atoms with Crippen LogP contribution in [0.5, 0.6) is 0 Å².